The topological polar surface area (TPSA) is 9.23 Å². The molecule has 1 rings (SSSR count). The molecule has 0 N–H and O–H groups in total. The molecule has 1 nitrogen and oxygen atoms in total. The highest BCUT2D eigenvalue weighted by Gasteiger charge is 2.05. The van der Waals surface area contributed by atoms with Gasteiger partial charge < -0.3 is 4.74 Å². The zero-order valence-electron chi connectivity index (χ0n) is 9.34. The zero-order chi connectivity index (χ0) is 10.6. The lowest BCUT2D eigenvalue weighted by Gasteiger charge is -2.12. The van der Waals surface area contributed by atoms with Crippen molar-refractivity contribution in [1.82, 2.24) is 0 Å². The van der Waals surface area contributed by atoms with Crippen LogP contribution in [0.2, 0.25) is 0 Å². The van der Waals surface area contributed by atoms with Crippen molar-refractivity contribution in [3.63, 3.8) is 0 Å². The minimum Gasteiger partial charge on any atom is -0.494 e. The van der Waals surface area contributed by atoms with E-state index in [0.717, 1.165) is 18.8 Å². The number of benzene rings is 1. The Balaban J connectivity index is 3.01. The van der Waals surface area contributed by atoms with Crippen molar-refractivity contribution in [2.24, 2.45) is 0 Å². The summed E-state index contributed by atoms with van der Waals surface area (Å²) in [6, 6.07) is 6.39. The van der Waals surface area contributed by atoms with Crippen molar-refractivity contribution >= 4 is 0 Å². The first kappa shape index (κ1) is 11.1. The number of hydrogen-bond acceptors (Lipinski definition) is 1. The minimum atomic E-state index is 0.320. The van der Waals surface area contributed by atoms with Crippen LogP contribution in [0, 0.1) is 6.92 Å². The second-order valence-corrected chi connectivity index (χ2v) is 3.55. The van der Waals surface area contributed by atoms with Crippen molar-refractivity contribution < 1.29 is 4.74 Å². The lowest BCUT2D eigenvalue weighted by atomic mass is 10.00. The third-order valence-corrected chi connectivity index (χ3v) is 2.34. The molecule has 0 fully saturated rings. The Bertz CT molecular complexity index is 289. The lowest BCUT2D eigenvalue weighted by Crippen LogP contribution is -1.98. The molecule has 0 heterocycles. The maximum atomic E-state index is 5.59. The third kappa shape index (κ3) is 2.50. The standard InChI is InChI=1S/C13H19O/c1-5-11-7-8-12(10(3)4)9-13(11)14-6-2/h7-10H,3,5-6H2,1-2,4H3. The largest absolute Gasteiger partial charge is 0.494 e. The molecule has 0 aromatic heterocycles. The first-order chi connectivity index (χ1) is 6.69. The van der Waals surface area contributed by atoms with E-state index in [-0.39, 0.29) is 0 Å². The van der Waals surface area contributed by atoms with Crippen LogP contribution >= 0.6 is 0 Å². The third-order valence-electron chi connectivity index (χ3n) is 2.34. The van der Waals surface area contributed by atoms with E-state index in [0.29, 0.717) is 5.92 Å². The van der Waals surface area contributed by atoms with Gasteiger partial charge in [0, 0.05) is 0 Å². The first-order valence-corrected chi connectivity index (χ1v) is 5.27. The molecule has 1 aromatic rings. The van der Waals surface area contributed by atoms with Gasteiger partial charge >= 0.3 is 0 Å². The van der Waals surface area contributed by atoms with Gasteiger partial charge in [0.1, 0.15) is 5.75 Å². The molecule has 0 aliphatic heterocycles. The van der Waals surface area contributed by atoms with Crippen LogP contribution in [-0.4, -0.2) is 6.61 Å². The molecule has 1 aromatic carbocycles. The summed E-state index contributed by atoms with van der Waals surface area (Å²) in [5.41, 5.74) is 2.52. The van der Waals surface area contributed by atoms with E-state index < -0.39 is 0 Å². The predicted octanol–water partition coefficient (Wildman–Crippen LogP) is 3.59. The molecule has 0 saturated heterocycles. The first-order valence-electron chi connectivity index (χ1n) is 5.27. The zero-order valence-corrected chi connectivity index (χ0v) is 9.34. The minimum absolute atomic E-state index is 0.320. The molecule has 1 unspecified atom stereocenters. The molecule has 0 amide bonds. The molecule has 0 aliphatic rings. The van der Waals surface area contributed by atoms with Gasteiger partial charge in [-0.3, -0.25) is 0 Å². The van der Waals surface area contributed by atoms with Crippen molar-refractivity contribution in [2.75, 3.05) is 6.61 Å². The number of ether oxygens (including phenoxy) is 1. The van der Waals surface area contributed by atoms with Crippen LogP contribution in [0.5, 0.6) is 5.75 Å². The Morgan fingerprint density at radius 1 is 1.36 bits per heavy atom. The van der Waals surface area contributed by atoms with Gasteiger partial charge in [0.05, 0.1) is 6.61 Å². The quantitative estimate of drug-likeness (QED) is 0.706. The number of rotatable bonds is 4. The summed E-state index contributed by atoms with van der Waals surface area (Å²) in [5.74, 6) is 1.34. The van der Waals surface area contributed by atoms with Crippen molar-refractivity contribution in [1.29, 1.82) is 0 Å². The Morgan fingerprint density at radius 3 is 2.57 bits per heavy atom. The number of hydrogen-bond donors (Lipinski definition) is 0. The number of aryl methyl sites for hydroxylation is 1. The van der Waals surface area contributed by atoms with E-state index >= 15 is 0 Å². The van der Waals surface area contributed by atoms with E-state index in [9.17, 15) is 0 Å². The van der Waals surface area contributed by atoms with E-state index in [4.69, 9.17) is 4.74 Å². The summed E-state index contributed by atoms with van der Waals surface area (Å²) < 4.78 is 5.59. The molecule has 0 bridgehead atoms. The summed E-state index contributed by atoms with van der Waals surface area (Å²) in [4.78, 5) is 0. The summed E-state index contributed by atoms with van der Waals surface area (Å²) in [7, 11) is 0. The smallest absolute Gasteiger partial charge is 0.122 e. The maximum Gasteiger partial charge on any atom is 0.122 e. The van der Waals surface area contributed by atoms with Crippen LogP contribution in [0.4, 0.5) is 0 Å². The van der Waals surface area contributed by atoms with Crippen LogP contribution < -0.4 is 4.74 Å². The average molecular weight is 191 g/mol. The van der Waals surface area contributed by atoms with Gasteiger partial charge in [-0.05, 0) is 43.4 Å². The molecule has 77 valence electrons. The van der Waals surface area contributed by atoms with Crippen LogP contribution in [0.3, 0.4) is 0 Å². The highest BCUT2D eigenvalue weighted by atomic mass is 16.5. The van der Waals surface area contributed by atoms with E-state index in [1.54, 1.807) is 0 Å². The molecular weight excluding hydrogens is 172 g/mol. The van der Waals surface area contributed by atoms with Crippen LogP contribution in [0.15, 0.2) is 18.2 Å². The summed E-state index contributed by atoms with van der Waals surface area (Å²) in [6.45, 7) is 11.0. The Kier molecular flexibility index (Phi) is 3.99. The average Bonchev–Trinajstić information content (AvgIpc) is 2.18. The molecule has 14 heavy (non-hydrogen) atoms. The second kappa shape index (κ2) is 5.04. The fourth-order valence-electron chi connectivity index (χ4n) is 1.46. The van der Waals surface area contributed by atoms with E-state index in [1.807, 2.05) is 6.92 Å². The van der Waals surface area contributed by atoms with Crippen molar-refractivity contribution in [3.8, 4) is 5.75 Å². The van der Waals surface area contributed by atoms with Gasteiger partial charge in [-0.2, -0.15) is 0 Å². The lowest BCUT2D eigenvalue weighted by molar-refractivity contribution is 0.336. The van der Waals surface area contributed by atoms with Crippen LogP contribution in [0.25, 0.3) is 0 Å². The summed E-state index contributed by atoms with van der Waals surface area (Å²) in [5, 5.41) is 0. The van der Waals surface area contributed by atoms with Crippen LogP contribution in [0.1, 0.15) is 37.8 Å². The highest BCUT2D eigenvalue weighted by molar-refractivity contribution is 5.39. The highest BCUT2D eigenvalue weighted by Crippen LogP contribution is 2.25. The Labute approximate surface area is 87.1 Å². The Hall–Kier alpha value is -0.980. The molecule has 1 atom stereocenters. The predicted molar refractivity (Wildman–Crippen MR) is 60.8 cm³/mol. The van der Waals surface area contributed by atoms with Crippen molar-refractivity contribution in [2.45, 2.75) is 33.1 Å². The fourth-order valence-corrected chi connectivity index (χ4v) is 1.46. The summed E-state index contributed by atoms with van der Waals surface area (Å²) in [6.07, 6.45) is 1.02. The summed E-state index contributed by atoms with van der Waals surface area (Å²) >= 11 is 0. The van der Waals surface area contributed by atoms with E-state index in [1.165, 1.54) is 11.1 Å². The van der Waals surface area contributed by atoms with E-state index in [2.05, 4.69) is 39.0 Å². The van der Waals surface area contributed by atoms with Gasteiger partial charge in [-0.15, -0.1) is 0 Å². The molecular formula is C13H19O. The van der Waals surface area contributed by atoms with Crippen molar-refractivity contribution in [3.05, 3.63) is 36.2 Å². The van der Waals surface area contributed by atoms with Gasteiger partial charge in [0.25, 0.3) is 0 Å². The van der Waals surface area contributed by atoms with Gasteiger partial charge in [0.15, 0.2) is 0 Å². The Morgan fingerprint density at radius 2 is 2.07 bits per heavy atom. The molecule has 1 heteroatoms. The molecule has 0 spiro atoms. The van der Waals surface area contributed by atoms with Gasteiger partial charge in [0.2, 0.25) is 0 Å². The van der Waals surface area contributed by atoms with Gasteiger partial charge in [-0.25, -0.2) is 0 Å². The fraction of sp³-hybridized carbons (Fsp3) is 0.462. The van der Waals surface area contributed by atoms with Gasteiger partial charge in [-0.1, -0.05) is 26.0 Å². The molecule has 0 aliphatic carbocycles. The van der Waals surface area contributed by atoms with Crippen LogP contribution in [-0.2, 0) is 6.42 Å². The normalized spacial score (nSPS) is 10.6. The maximum absolute atomic E-state index is 5.59. The SMILES string of the molecule is [CH2]C(C)c1ccc(CC)c(OCC)c1. The molecule has 1 radical (unpaired) electrons. The second-order valence-electron chi connectivity index (χ2n) is 3.55. The monoisotopic (exact) mass is 191 g/mol. The molecule has 0 saturated carbocycles.